The summed E-state index contributed by atoms with van der Waals surface area (Å²) in [5, 5.41) is 4.38. The maximum absolute atomic E-state index is 15.0. The monoisotopic (exact) mass is 525 g/mol. The van der Waals surface area contributed by atoms with Gasteiger partial charge in [0.25, 0.3) is 5.91 Å². The Bertz CT molecular complexity index is 1470. The Labute approximate surface area is 214 Å². The molecule has 0 aliphatic carbocycles. The maximum atomic E-state index is 15.0. The van der Waals surface area contributed by atoms with Crippen molar-refractivity contribution >= 4 is 29.1 Å². The number of benzene rings is 2. The van der Waals surface area contributed by atoms with Gasteiger partial charge in [0.05, 0.1) is 24.5 Å². The summed E-state index contributed by atoms with van der Waals surface area (Å²) < 4.78 is 59.6. The quantitative estimate of drug-likeness (QED) is 0.373. The molecule has 0 spiro atoms. The lowest BCUT2D eigenvalue weighted by Gasteiger charge is -2.16. The van der Waals surface area contributed by atoms with Gasteiger partial charge in [0.1, 0.15) is 11.8 Å². The largest absolute Gasteiger partial charge is 0.442 e. The van der Waals surface area contributed by atoms with Crippen molar-refractivity contribution in [2.45, 2.75) is 12.5 Å². The number of cyclic esters (lactones) is 1. The molecule has 2 N–H and O–H groups in total. The van der Waals surface area contributed by atoms with Crippen molar-refractivity contribution in [3.8, 4) is 11.8 Å². The van der Waals surface area contributed by atoms with E-state index in [0.717, 1.165) is 22.6 Å². The van der Waals surface area contributed by atoms with Crippen molar-refractivity contribution in [3.05, 3.63) is 99.7 Å². The first kappa shape index (κ1) is 26.2. The summed E-state index contributed by atoms with van der Waals surface area (Å²) in [5.41, 5.74) is -0.352. The lowest BCUT2D eigenvalue weighted by molar-refractivity contribution is -0.132. The summed E-state index contributed by atoms with van der Waals surface area (Å²) in [5.74, 6) is 2.09. The van der Waals surface area contributed by atoms with E-state index in [9.17, 15) is 31.9 Å². The normalized spacial score (nSPS) is 14.5. The molecule has 38 heavy (non-hydrogen) atoms. The first-order valence-electron chi connectivity index (χ1n) is 11.2. The molecule has 11 heteroatoms. The highest BCUT2D eigenvalue weighted by atomic mass is 19.3. The van der Waals surface area contributed by atoms with Crippen LogP contribution >= 0.6 is 0 Å². The van der Waals surface area contributed by atoms with Gasteiger partial charge in [-0.25, -0.2) is 13.6 Å². The van der Waals surface area contributed by atoms with Gasteiger partial charge in [-0.05, 0) is 30.3 Å². The van der Waals surface area contributed by atoms with Gasteiger partial charge in [0.2, 0.25) is 5.43 Å². The minimum atomic E-state index is -3.24. The molecule has 0 radical (unpaired) electrons. The van der Waals surface area contributed by atoms with Crippen molar-refractivity contribution in [2.24, 2.45) is 0 Å². The lowest BCUT2D eigenvalue weighted by atomic mass is 10.2. The van der Waals surface area contributed by atoms with Gasteiger partial charge in [0, 0.05) is 23.3 Å². The average molecular weight is 525 g/mol. The Hall–Kier alpha value is -4.85. The predicted octanol–water partition coefficient (Wildman–Crippen LogP) is 4.17. The number of nitrogens with one attached hydrogen (secondary N) is 2. The van der Waals surface area contributed by atoms with Crippen molar-refractivity contribution in [1.29, 1.82) is 0 Å². The summed E-state index contributed by atoms with van der Waals surface area (Å²) in [6.45, 7) is -0.639. The van der Waals surface area contributed by atoms with Gasteiger partial charge in [-0.15, -0.1) is 0 Å². The zero-order valence-electron chi connectivity index (χ0n) is 19.5. The highest BCUT2D eigenvalue weighted by Gasteiger charge is 2.34. The first-order valence-corrected chi connectivity index (χ1v) is 11.2. The molecule has 7 nitrogen and oxygen atoms in total. The fraction of sp³-hybridized carbons (Fsp3) is 0.148. The first-order chi connectivity index (χ1) is 18.2. The van der Waals surface area contributed by atoms with E-state index in [2.05, 4.69) is 17.2 Å². The summed E-state index contributed by atoms with van der Waals surface area (Å²) in [7, 11) is 0. The molecular formula is C27H19F4N3O4. The second kappa shape index (κ2) is 11.5. The Morgan fingerprint density at radius 1 is 0.974 bits per heavy atom. The standard InChI is InChI=1S/C27H19F4N3O4/c28-20-12-18(34-15-19(38-27(34)37)14-32-26(36)25(30)31)13-21(29)24(20)33-22-11-17(7-4-8-23(22)35)10-9-16-5-2-1-3-6-16/h1-8,11-13,19,25H,14-15H2,(H,32,36)(H,33,35)/t19-/m0/s1. The highest BCUT2D eigenvalue weighted by molar-refractivity contribution is 5.90. The third kappa shape index (κ3) is 6.28. The van der Waals surface area contributed by atoms with E-state index in [0.29, 0.717) is 5.56 Å². The van der Waals surface area contributed by atoms with E-state index < -0.39 is 53.8 Å². The molecule has 4 rings (SSSR count). The van der Waals surface area contributed by atoms with Crippen LogP contribution in [-0.2, 0) is 9.53 Å². The van der Waals surface area contributed by atoms with Crippen LogP contribution in [0.1, 0.15) is 11.1 Å². The number of carbonyl (C=O) groups excluding carboxylic acids is 2. The van der Waals surface area contributed by atoms with Crippen LogP contribution in [0.25, 0.3) is 0 Å². The van der Waals surface area contributed by atoms with Crippen LogP contribution in [0, 0.1) is 23.5 Å². The number of ether oxygens (including phenoxy) is 1. The smallest absolute Gasteiger partial charge is 0.414 e. The van der Waals surface area contributed by atoms with Crippen LogP contribution in [-0.4, -0.2) is 37.6 Å². The number of nitrogens with zero attached hydrogens (tertiary/aromatic N) is 1. The minimum Gasteiger partial charge on any atom is -0.442 e. The fourth-order valence-corrected chi connectivity index (χ4v) is 3.54. The summed E-state index contributed by atoms with van der Waals surface area (Å²) in [4.78, 5) is 36.6. The molecule has 0 unspecified atom stereocenters. The Morgan fingerprint density at radius 2 is 1.63 bits per heavy atom. The van der Waals surface area contributed by atoms with Crippen LogP contribution in [0.3, 0.4) is 0 Å². The molecule has 2 amide bonds. The lowest BCUT2D eigenvalue weighted by Crippen LogP contribution is -2.37. The molecular weight excluding hydrogens is 506 g/mol. The van der Waals surface area contributed by atoms with Gasteiger partial charge < -0.3 is 15.4 Å². The van der Waals surface area contributed by atoms with E-state index in [1.807, 2.05) is 23.5 Å². The zero-order chi connectivity index (χ0) is 27.2. The highest BCUT2D eigenvalue weighted by Crippen LogP contribution is 2.30. The third-order valence-corrected chi connectivity index (χ3v) is 5.39. The molecule has 194 valence electrons. The van der Waals surface area contributed by atoms with E-state index in [4.69, 9.17) is 4.74 Å². The van der Waals surface area contributed by atoms with Crippen molar-refractivity contribution in [3.63, 3.8) is 0 Å². The van der Waals surface area contributed by atoms with Gasteiger partial charge in [0.15, 0.2) is 11.6 Å². The fourth-order valence-electron chi connectivity index (χ4n) is 3.54. The molecule has 1 saturated heterocycles. The van der Waals surface area contributed by atoms with E-state index in [1.54, 1.807) is 18.2 Å². The molecule has 1 aliphatic heterocycles. The van der Waals surface area contributed by atoms with Gasteiger partial charge >= 0.3 is 12.5 Å². The molecule has 1 aliphatic rings. The second-order valence-electron chi connectivity index (χ2n) is 8.09. The molecule has 0 aromatic heterocycles. The van der Waals surface area contributed by atoms with E-state index in [1.165, 1.54) is 18.2 Å². The van der Waals surface area contributed by atoms with Crippen LogP contribution in [0.2, 0.25) is 0 Å². The van der Waals surface area contributed by atoms with Crippen molar-refractivity contribution in [2.75, 3.05) is 23.3 Å². The van der Waals surface area contributed by atoms with Crippen molar-refractivity contribution in [1.82, 2.24) is 5.32 Å². The predicted molar refractivity (Wildman–Crippen MR) is 131 cm³/mol. The van der Waals surface area contributed by atoms with E-state index >= 15 is 0 Å². The summed E-state index contributed by atoms with van der Waals surface area (Å²) >= 11 is 0. The SMILES string of the molecule is O=C(NC[C@H]1CN(c2cc(F)c(Nc3cc(C#Cc4ccccc4)cccc3=O)c(F)c2)C(=O)O1)C(F)F. The molecule has 1 heterocycles. The number of alkyl halides is 2. The number of hydrogen-bond donors (Lipinski definition) is 2. The second-order valence-corrected chi connectivity index (χ2v) is 8.09. The summed E-state index contributed by atoms with van der Waals surface area (Å²) in [6.07, 6.45) is -5.21. The minimum absolute atomic E-state index is 0.131. The molecule has 3 aromatic carbocycles. The zero-order valence-corrected chi connectivity index (χ0v) is 19.5. The molecule has 0 bridgehead atoms. The van der Waals surface area contributed by atoms with Gasteiger partial charge in [-0.1, -0.05) is 36.1 Å². The van der Waals surface area contributed by atoms with Crippen LogP contribution < -0.4 is 21.0 Å². The van der Waals surface area contributed by atoms with Crippen LogP contribution in [0.5, 0.6) is 0 Å². The average Bonchev–Trinajstić information content (AvgIpc) is 3.17. The van der Waals surface area contributed by atoms with Crippen molar-refractivity contribution < 1.29 is 31.9 Å². The number of rotatable bonds is 6. The maximum Gasteiger partial charge on any atom is 0.414 e. The molecule has 1 fully saturated rings. The molecule has 0 saturated carbocycles. The molecule has 3 aromatic rings. The molecule has 1 atom stereocenters. The summed E-state index contributed by atoms with van der Waals surface area (Å²) in [6, 6.07) is 16.4. The van der Waals surface area contributed by atoms with Crippen LogP contribution in [0.15, 0.2) is 71.5 Å². The third-order valence-electron chi connectivity index (χ3n) is 5.39. The number of halogens is 4. The van der Waals surface area contributed by atoms with Gasteiger partial charge in [-0.3, -0.25) is 14.5 Å². The number of anilines is 3. The van der Waals surface area contributed by atoms with Crippen LogP contribution in [0.4, 0.5) is 39.4 Å². The van der Waals surface area contributed by atoms with Gasteiger partial charge in [-0.2, -0.15) is 8.78 Å². The topological polar surface area (TPSA) is 87.7 Å². The number of carbonyl (C=O) groups is 2. The number of hydrogen-bond acceptors (Lipinski definition) is 5. The Kier molecular flexibility index (Phi) is 7.91. The van der Waals surface area contributed by atoms with E-state index in [-0.39, 0.29) is 17.9 Å². The Morgan fingerprint density at radius 3 is 2.32 bits per heavy atom. The number of amides is 2. The Balaban J connectivity index is 1.54.